The van der Waals surface area contributed by atoms with Crippen molar-refractivity contribution in [3.63, 3.8) is 0 Å². The number of anilines is 3. The van der Waals surface area contributed by atoms with Gasteiger partial charge < -0.3 is 25.4 Å². The zero-order valence-electron chi connectivity index (χ0n) is 30.7. The second-order valence-electron chi connectivity index (χ2n) is 13.8. The Kier molecular flexibility index (Phi) is 9.87. The van der Waals surface area contributed by atoms with Crippen LogP contribution in [-0.2, 0) is 6.54 Å². The summed E-state index contributed by atoms with van der Waals surface area (Å²) in [6.07, 6.45) is 10.9. The van der Waals surface area contributed by atoms with Crippen molar-refractivity contribution < 1.29 is 10.2 Å². The second-order valence-corrected chi connectivity index (χ2v) is 13.8. The molecule has 0 bridgehead atoms. The van der Waals surface area contributed by atoms with Crippen LogP contribution in [0.5, 0.6) is 11.5 Å². The average Bonchev–Trinajstić information content (AvgIpc) is 3.49. The summed E-state index contributed by atoms with van der Waals surface area (Å²) in [5.41, 5.74) is 12.3. The highest BCUT2D eigenvalue weighted by Crippen LogP contribution is 2.41. The van der Waals surface area contributed by atoms with Gasteiger partial charge in [0.05, 0.1) is 23.4 Å². The van der Waals surface area contributed by atoms with E-state index in [0.717, 1.165) is 69.2 Å². The Balaban J connectivity index is 1.05. The molecule has 4 N–H and O–H groups in total. The van der Waals surface area contributed by atoms with Crippen molar-refractivity contribution in [3.05, 3.63) is 181 Å². The Morgan fingerprint density at radius 2 is 1.38 bits per heavy atom. The molecule has 6 nitrogen and oxygen atoms in total. The lowest BCUT2D eigenvalue weighted by Gasteiger charge is -2.22. The van der Waals surface area contributed by atoms with Crippen molar-refractivity contribution >= 4 is 51.6 Å². The summed E-state index contributed by atoms with van der Waals surface area (Å²) >= 11 is 0. The number of nitrogens with one attached hydrogen (secondary N) is 2. The van der Waals surface area contributed by atoms with Crippen molar-refractivity contribution in [2.45, 2.75) is 19.9 Å². The number of benzene rings is 6. The minimum atomic E-state index is 0.174. The first-order valence-electron chi connectivity index (χ1n) is 18.5. The fourth-order valence-corrected chi connectivity index (χ4v) is 7.55. The number of aromatic nitrogens is 1. The van der Waals surface area contributed by atoms with Crippen LogP contribution in [0.15, 0.2) is 169 Å². The van der Waals surface area contributed by atoms with E-state index in [4.69, 9.17) is 0 Å². The van der Waals surface area contributed by atoms with Gasteiger partial charge in [0.1, 0.15) is 11.5 Å². The summed E-state index contributed by atoms with van der Waals surface area (Å²) in [6, 6.07) is 45.6. The Morgan fingerprint density at radius 3 is 2.16 bits per heavy atom. The van der Waals surface area contributed by atoms with E-state index in [1.165, 1.54) is 16.5 Å². The molecular weight excluding hydrogens is 677 g/mol. The van der Waals surface area contributed by atoms with Crippen LogP contribution in [0.1, 0.15) is 23.2 Å². The average molecular weight is 719 g/mol. The largest absolute Gasteiger partial charge is 0.507 e. The molecule has 0 spiro atoms. The number of nitrogens with zero attached hydrogens (tertiary/aromatic N) is 2. The normalized spacial score (nSPS) is 13.9. The molecule has 270 valence electrons. The summed E-state index contributed by atoms with van der Waals surface area (Å²) in [5.74, 6) is 0.651. The summed E-state index contributed by atoms with van der Waals surface area (Å²) in [4.78, 5) is 4.52. The predicted octanol–water partition coefficient (Wildman–Crippen LogP) is 12.5. The number of phenolic OH excluding ortho intramolecular Hbond substituents is 2. The maximum absolute atomic E-state index is 11.2. The predicted molar refractivity (Wildman–Crippen MR) is 231 cm³/mol. The molecule has 6 aromatic carbocycles. The van der Waals surface area contributed by atoms with Crippen LogP contribution in [0.25, 0.3) is 44.8 Å². The van der Waals surface area contributed by atoms with E-state index >= 15 is 0 Å². The van der Waals surface area contributed by atoms with Crippen LogP contribution in [0, 0.1) is 12.8 Å². The third kappa shape index (κ3) is 7.31. The molecule has 7 aromatic rings. The molecular formula is C49H42N4O2. The van der Waals surface area contributed by atoms with Crippen LogP contribution in [0.4, 0.5) is 22.7 Å². The monoisotopic (exact) mass is 718 g/mol. The number of aromatic hydroxyl groups is 2. The smallest absolute Gasteiger partial charge is 0.123 e. The molecule has 0 saturated carbocycles. The maximum Gasteiger partial charge on any atom is 0.123 e. The number of aliphatic imine (C=N–C) groups is 1. The number of phenols is 2. The summed E-state index contributed by atoms with van der Waals surface area (Å²) < 4.78 is 2.37. The molecule has 6 heteroatoms. The van der Waals surface area contributed by atoms with Crippen molar-refractivity contribution in [2.24, 2.45) is 10.9 Å². The van der Waals surface area contributed by atoms with Gasteiger partial charge >= 0.3 is 0 Å². The lowest BCUT2D eigenvalue weighted by atomic mass is 9.87. The second kappa shape index (κ2) is 15.5. The van der Waals surface area contributed by atoms with E-state index in [2.05, 4.69) is 82.3 Å². The molecule has 1 heterocycles. The molecule has 1 aliphatic carbocycles. The van der Waals surface area contributed by atoms with Gasteiger partial charge in [0.25, 0.3) is 0 Å². The van der Waals surface area contributed by atoms with Crippen molar-refractivity contribution in [3.8, 4) is 33.8 Å². The molecule has 1 aliphatic rings. The molecule has 0 amide bonds. The van der Waals surface area contributed by atoms with Gasteiger partial charge in [-0.15, -0.1) is 0 Å². The van der Waals surface area contributed by atoms with E-state index in [1.54, 1.807) is 18.5 Å². The molecule has 8 rings (SSSR count). The molecule has 1 unspecified atom stereocenters. The van der Waals surface area contributed by atoms with Gasteiger partial charge in [0.2, 0.25) is 0 Å². The van der Waals surface area contributed by atoms with Gasteiger partial charge in [-0.2, -0.15) is 0 Å². The van der Waals surface area contributed by atoms with Crippen molar-refractivity contribution in [2.75, 3.05) is 10.6 Å². The highest BCUT2D eigenvalue weighted by Gasteiger charge is 2.20. The lowest BCUT2D eigenvalue weighted by molar-refractivity contribution is 0.472. The maximum atomic E-state index is 11.2. The number of para-hydroxylation sites is 5. The van der Waals surface area contributed by atoms with Gasteiger partial charge in [-0.3, -0.25) is 0 Å². The number of aryl methyl sites for hydroxylation is 1. The van der Waals surface area contributed by atoms with Gasteiger partial charge in [-0.1, -0.05) is 104 Å². The molecule has 0 saturated heterocycles. The first kappa shape index (κ1) is 35.0. The van der Waals surface area contributed by atoms with E-state index in [1.807, 2.05) is 103 Å². The van der Waals surface area contributed by atoms with Crippen LogP contribution in [0.3, 0.4) is 0 Å². The summed E-state index contributed by atoms with van der Waals surface area (Å²) in [6.45, 7) is 7.09. The first-order valence-corrected chi connectivity index (χ1v) is 18.5. The third-order valence-corrected chi connectivity index (χ3v) is 10.3. The highest BCUT2D eigenvalue weighted by molar-refractivity contribution is 5.92. The van der Waals surface area contributed by atoms with Gasteiger partial charge in [0, 0.05) is 45.5 Å². The molecule has 0 radical (unpaired) electrons. The molecule has 1 atom stereocenters. The van der Waals surface area contributed by atoms with Gasteiger partial charge in [-0.05, 0) is 108 Å². The number of hydrogen-bond donors (Lipinski definition) is 4. The quantitative estimate of drug-likeness (QED) is 0.0793. The molecule has 55 heavy (non-hydrogen) atoms. The summed E-state index contributed by atoms with van der Waals surface area (Å²) in [7, 11) is 0. The van der Waals surface area contributed by atoms with Gasteiger partial charge in [0.15, 0.2) is 0 Å². The molecule has 1 aromatic heterocycles. The SMILES string of the molecule is C=Cc1c(C)c2ccccc2n1CC1C=CC=C(c2cc(-c3ccc(O)c(-c4ccccc4Nc4ccccc4NC=Nc4ccccc4)c3)ccc2O)C1. The number of hydrogen-bond acceptors (Lipinski definition) is 4. The topological polar surface area (TPSA) is 81.8 Å². The minimum Gasteiger partial charge on any atom is -0.507 e. The van der Waals surface area contributed by atoms with Crippen LogP contribution < -0.4 is 10.6 Å². The molecule has 0 aliphatic heterocycles. The lowest BCUT2D eigenvalue weighted by Crippen LogP contribution is -2.12. The molecule has 0 fully saturated rings. The van der Waals surface area contributed by atoms with Crippen LogP contribution in [0.2, 0.25) is 0 Å². The fourth-order valence-electron chi connectivity index (χ4n) is 7.55. The van der Waals surface area contributed by atoms with E-state index in [-0.39, 0.29) is 17.4 Å². The summed E-state index contributed by atoms with van der Waals surface area (Å²) in [5, 5.41) is 30.6. The number of fused-ring (bicyclic) bond motifs is 1. The van der Waals surface area contributed by atoms with E-state index in [9.17, 15) is 10.2 Å². The van der Waals surface area contributed by atoms with Crippen molar-refractivity contribution in [1.29, 1.82) is 0 Å². The van der Waals surface area contributed by atoms with E-state index in [0.29, 0.717) is 5.56 Å². The third-order valence-electron chi connectivity index (χ3n) is 10.3. The Hall–Kier alpha value is -7.05. The zero-order chi connectivity index (χ0) is 37.7. The highest BCUT2D eigenvalue weighted by atomic mass is 16.3. The van der Waals surface area contributed by atoms with E-state index < -0.39 is 0 Å². The number of allylic oxidation sites excluding steroid dienone is 4. The Labute approximate surface area is 321 Å². The van der Waals surface area contributed by atoms with Gasteiger partial charge in [-0.25, -0.2) is 4.99 Å². The van der Waals surface area contributed by atoms with Crippen LogP contribution in [-0.4, -0.2) is 21.1 Å². The Bertz CT molecular complexity index is 2610. The number of rotatable bonds is 11. The zero-order valence-corrected chi connectivity index (χ0v) is 30.7. The van der Waals surface area contributed by atoms with Crippen LogP contribution >= 0.6 is 0 Å². The minimum absolute atomic E-state index is 0.174. The standard InChI is InChI=1S/C49H42N4O2/c1-3-46-33(2)39-18-8-12-23-47(39)53(46)31-34-14-13-15-37(28-34)41-29-35(24-26-48(41)54)36-25-27-49(55)42(30-36)40-19-7-9-20-43(40)52-45-22-11-10-21-44(45)51-32-50-38-16-5-4-6-17-38/h3-27,29-30,32,34,52,54-55H,1,28,31H2,2H3,(H,50,51). The fraction of sp³-hybridized carbons (Fsp3) is 0.0816. The first-order chi connectivity index (χ1) is 27.0. The Morgan fingerprint density at radius 1 is 0.727 bits per heavy atom. The van der Waals surface area contributed by atoms with Crippen molar-refractivity contribution in [1.82, 2.24) is 4.57 Å².